The number of nitrogens with two attached hydrogens (primary N) is 1. The quantitative estimate of drug-likeness (QED) is 0.879. The smallest absolute Gasteiger partial charge is 0.121 e. The molecule has 2 unspecified atom stereocenters. The Labute approximate surface area is 120 Å². The van der Waals surface area contributed by atoms with Crippen LogP contribution in [0.4, 0.5) is 0 Å². The minimum atomic E-state index is -1.01. The Hall–Kier alpha value is -1.84. The van der Waals surface area contributed by atoms with Crippen LogP contribution in [0.2, 0.25) is 0 Å². The van der Waals surface area contributed by atoms with Crippen molar-refractivity contribution < 1.29 is 9.84 Å². The van der Waals surface area contributed by atoms with Crippen LogP contribution >= 0.6 is 0 Å². The molecule has 2 aromatic carbocycles. The molecule has 0 bridgehead atoms. The third-order valence-corrected chi connectivity index (χ3v) is 3.32. The van der Waals surface area contributed by atoms with Gasteiger partial charge < -0.3 is 15.6 Å². The molecule has 3 N–H and O–H groups in total. The van der Waals surface area contributed by atoms with Crippen LogP contribution in [0.15, 0.2) is 54.6 Å². The van der Waals surface area contributed by atoms with Crippen LogP contribution < -0.4 is 10.5 Å². The zero-order chi connectivity index (χ0) is 14.6. The average Bonchev–Trinajstić information content (AvgIpc) is 2.46. The standard InChI is InChI=1S/C17H21NO2/c1-13(18)14-8-10-16(11-9-14)20-12-17(2,19)15-6-4-3-5-7-15/h3-11,13,19H,12,18H2,1-2H3. The molecule has 0 amide bonds. The molecule has 106 valence electrons. The summed E-state index contributed by atoms with van der Waals surface area (Å²) in [6.45, 7) is 3.89. The van der Waals surface area contributed by atoms with Crippen molar-refractivity contribution in [2.75, 3.05) is 6.61 Å². The first-order valence-corrected chi connectivity index (χ1v) is 6.75. The van der Waals surface area contributed by atoms with Crippen LogP contribution in [0, 0.1) is 0 Å². The zero-order valence-corrected chi connectivity index (χ0v) is 11.9. The molecule has 0 saturated heterocycles. The van der Waals surface area contributed by atoms with Crippen molar-refractivity contribution >= 4 is 0 Å². The summed E-state index contributed by atoms with van der Waals surface area (Å²) in [4.78, 5) is 0. The van der Waals surface area contributed by atoms with Crippen molar-refractivity contribution in [1.29, 1.82) is 0 Å². The molecule has 0 spiro atoms. The lowest BCUT2D eigenvalue weighted by molar-refractivity contribution is 0.00759. The Morgan fingerprint density at radius 1 is 1.10 bits per heavy atom. The maximum atomic E-state index is 10.4. The maximum absolute atomic E-state index is 10.4. The van der Waals surface area contributed by atoms with E-state index in [4.69, 9.17) is 10.5 Å². The van der Waals surface area contributed by atoms with Crippen LogP contribution in [0.3, 0.4) is 0 Å². The van der Waals surface area contributed by atoms with Gasteiger partial charge in [-0.2, -0.15) is 0 Å². The summed E-state index contributed by atoms with van der Waals surface area (Å²) >= 11 is 0. The summed E-state index contributed by atoms with van der Waals surface area (Å²) in [6, 6.07) is 17.2. The monoisotopic (exact) mass is 271 g/mol. The van der Waals surface area contributed by atoms with E-state index in [1.165, 1.54) is 0 Å². The second-order valence-electron chi connectivity index (χ2n) is 5.29. The molecule has 0 aliphatic rings. The molecule has 0 radical (unpaired) electrons. The van der Waals surface area contributed by atoms with Crippen LogP contribution in [-0.2, 0) is 5.60 Å². The second kappa shape index (κ2) is 6.07. The highest BCUT2D eigenvalue weighted by Gasteiger charge is 2.23. The van der Waals surface area contributed by atoms with Gasteiger partial charge in [0.1, 0.15) is 18.0 Å². The third-order valence-electron chi connectivity index (χ3n) is 3.32. The maximum Gasteiger partial charge on any atom is 0.121 e. The van der Waals surface area contributed by atoms with Gasteiger partial charge in [-0.1, -0.05) is 42.5 Å². The van der Waals surface area contributed by atoms with Crippen LogP contribution in [-0.4, -0.2) is 11.7 Å². The number of benzene rings is 2. The van der Waals surface area contributed by atoms with Crippen LogP contribution in [0.25, 0.3) is 0 Å². The molecule has 0 aromatic heterocycles. The highest BCUT2D eigenvalue weighted by molar-refractivity contribution is 5.29. The molecular formula is C17H21NO2. The Bertz CT molecular complexity index is 533. The van der Waals surface area contributed by atoms with Gasteiger partial charge in [-0.25, -0.2) is 0 Å². The van der Waals surface area contributed by atoms with E-state index >= 15 is 0 Å². The minimum absolute atomic E-state index is 0.0106. The van der Waals surface area contributed by atoms with E-state index in [9.17, 15) is 5.11 Å². The van der Waals surface area contributed by atoms with E-state index in [2.05, 4.69) is 0 Å². The topological polar surface area (TPSA) is 55.5 Å². The molecule has 0 fully saturated rings. The number of aliphatic hydroxyl groups is 1. The van der Waals surface area contributed by atoms with Gasteiger partial charge in [0.25, 0.3) is 0 Å². The summed E-state index contributed by atoms with van der Waals surface area (Å²) < 4.78 is 5.67. The van der Waals surface area contributed by atoms with E-state index in [1.54, 1.807) is 6.92 Å². The predicted octanol–water partition coefficient (Wildman–Crippen LogP) is 2.99. The summed E-state index contributed by atoms with van der Waals surface area (Å²) in [6.07, 6.45) is 0. The Kier molecular flexibility index (Phi) is 4.42. The van der Waals surface area contributed by atoms with E-state index in [-0.39, 0.29) is 12.6 Å². The summed E-state index contributed by atoms with van der Waals surface area (Å²) in [7, 11) is 0. The molecule has 2 atom stereocenters. The van der Waals surface area contributed by atoms with Crippen LogP contribution in [0.1, 0.15) is 31.0 Å². The normalized spacial score (nSPS) is 15.4. The van der Waals surface area contributed by atoms with Crippen molar-refractivity contribution in [2.24, 2.45) is 5.73 Å². The predicted molar refractivity (Wildman–Crippen MR) is 80.6 cm³/mol. The van der Waals surface area contributed by atoms with Gasteiger partial charge in [0.15, 0.2) is 0 Å². The minimum Gasteiger partial charge on any atom is -0.490 e. The third kappa shape index (κ3) is 3.59. The van der Waals surface area contributed by atoms with Gasteiger partial charge in [0, 0.05) is 6.04 Å². The van der Waals surface area contributed by atoms with Crippen molar-refractivity contribution in [3.8, 4) is 5.75 Å². The highest BCUT2D eigenvalue weighted by atomic mass is 16.5. The Balaban J connectivity index is 2.01. The lowest BCUT2D eigenvalue weighted by Gasteiger charge is -2.24. The van der Waals surface area contributed by atoms with Gasteiger partial charge in [0.05, 0.1) is 0 Å². The van der Waals surface area contributed by atoms with E-state index in [0.29, 0.717) is 0 Å². The first-order chi connectivity index (χ1) is 9.49. The largest absolute Gasteiger partial charge is 0.490 e. The molecule has 0 aliphatic carbocycles. The fourth-order valence-electron chi connectivity index (χ4n) is 1.97. The number of ether oxygens (including phenoxy) is 1. The van der Waals surface area contributed by atoms with Gasteiger partial charge in [-0.15, -0.1) is 0 Å². The van der Waals surface area contributed by atoms with Gasteiger partial charge in [-0.05, 0) is 37.1 Å². The Morgan fingerprint density at radius 3 is 2.25 bits per heavy atom. The lowest BCUT2D eigenvalue weighted by Crippen LogP contribution is -2.29. The second-order valence-corrected chi connectivity index (χ2v) is 5.29. The van der Waals surface area contributed by atoms with E-state index in [0.717, 1.165) is 16.9 Å². The average molecular weight is 271 g/mol. The molecule has 20 heavy (non-hydrogen) atoms. The molecule has 0 saturated carbocycles. The number of rotatable bonds is 5. The van der Waals surface area contributed by atoms with Crippen LogP contribution in [0.5, 0.6) is 5.75 Å². The van der Waals surface area contributed by atoms with Gasteiger partial charge in [-0.3, -0.25) is 0 Å². The Morgan fingerprint density at radius 2 is 1.70 bits per heavy atom. The summed E-state index contributed by atoms with van der Waals surface area (Å²) in [5.74, 6) is 0.727. The fraction of sp³-hybridized carbons (Fsp3) is 0.294. The highest BCUT2D eigenvalue weighted by Crippen LogP contribution is 2.23. The molecule has 2 aromatic rings. The van der Waals surface area contributed by atoms with Crippen molar-refractivity contribution in [3.05, 3.63) is 65.7 Å². The van der Waals surface area contributed by atoms with Crippen molar-refractivity contribution in [2.45, 2.75) is 25.5 Å². The number of hydrogen-bond acceptors (Lipinski definition) is 3. The molecule has 3 nitrogen and oxygen atoms in total. The van der Waals surface area contributed by atoms with Crippen molar-refractivity contribution in [3.63, 3.8) is 0 Å². The first-order valence-electron chi connectivity index (χ1n) is 6.75. The first kappa shape index (κ1) is 14.6. The molecular weight excluding hydrogens is 250 g/mol. The molecule has 0 aliphatic heterocycles. The van der Waals surface area contributed by atoms with Gasteiger partial charge >= 0.3 is 0 Å². The SMILES string of the molecule is CC(N)c1ccc(OCC(C)(O)c2ccccc2)cc1. The molecule has 2 rings (SSSR count). The summed E-state index contributed by atoms with van der Waals surface area (Å²) in [5.41, 5.74) is 6.69. The number of hydrogen-bond donors (Lipinski definition) is 2. The van der Waals surface area contributed by atoms with Gasteiger partial charge in [0.2, 0.25) is 0 Å². The zero-order valence-electron chi connectivity index (χ0n) is 11.9. The van der Waals surface area contributed by atoms with E-state index in [1.807, 2.05) is 61.5 Å². The molecule has 3 heteroatoms. The fourth-order valence-corrected chi connectivity index (χ4v) is 1.97. The van der Waals surface area contributed by atoms with E-state index < -0.39 is 5.60 Å². The van der Waals surface area contributed by atoms with Crippen molar-refractivity contribution in [1.82, 2.24) is 0 Å². The summed E-state index contributed by atoms with van der Waals surface area (Å²) in [5, 5.41) is 10.4. The molecule has 0 heterocycles. The lowest BCUT2D eigenvalue weighted by atomic mass is 9.97.